The zero-order valence-electron chi connectivity index (χ0n) is 3.69. The number of methoxy groups -OCH3 is 1. The number of rotatable bonds is 0. The maximum absolute atomic E-state index is 6.41. The molecule has 3 heteroatoms. The van der Waals surface area contributed by atoms with Crippen LogP contribution in [0, 0.1) is 47.9 Å². The van der Waals surface area contributed by atoms with Crippen molar-refractivity contribution in [2.24, 2.45) is 0 Å². The summed E-state index contributed by atoms with van der Waals surface area (Å²) in [6.07, 6.45) is 0. The van der Waals surface area contributed by atoms with E-state index in [1.54, 1.807) is 0 Å². The van der Waals surface area contributed by atoms with E-state index in [9.17, 15) is 0 Å². The fourth-order valence-corrected chi connectivity index (χ4v) is 0. The van der Waals surface area contributed by atoms with Crippen LogP contribution in [-0.4, -0.2) is 13.0 Å². The third-order valence-corrected chi connectivity index (χ3v) is 0.246. The Morgan fingerprint density at radius 1 is 1.83 bits per heavy atom. The molecule has 33 valence electrons. The van der Waals surface area contributed by atoms with Crippen LogP contribution in [-0.2, 0) is 4.74 Å². The van der Waals surface area contributed by atoms with Crippen LogP contribution in [0.15, 0.2) is 0 Å². The quantitative estimate of drug-likeness (QED) is 0.352. The van der Waals surface area contributed by atoms with Gasteiger partial charge in [-0.1, -0.05) is 0 Å². The van der Waals surface area contributed by atoms with Gasteiger partial charge in [-0.15, -0.1) is 0 Å². The van der Waals surface area contributed by atoms with E-state index in [-0.39, 0.29) is 41.5 Å². The SMILES string of the molecule is [CH2-]C(=N)OC.[La]. The second-order valence-corrected chi connectivity index (χ2v) is 0.627. The first-order valence-corrected chi connectivity index (χ1v) is 1.22. The second-order valence-electron chi connectivity index (χ2n) is 0.627. The first kappa shape index (κ1) is 9.73. The summed E-state index contributed by atoms with van der Waals surface area (Å²) >= 11 is 0. The van der Waals surface area contributed by atoms with E-state index in [2.05, 4.69) is 11.7 Å². The summed E-state index contributed by atoms with van der Waals surface area (Å²) in [6.45, 7) is 3.12. The fourth-order valence-electron chi connectivity index (χ4n) is 0. The van der Waals surface area contributed by atoms with Gasteiger partial charge in [-0.25, -0.2) is 0 Å². The molecule has 0 saturated carbocycles. The van der Waals surface area contributed by atoms with Crippen molar-refractivity contribution in [3.63, 3.8) is 0 Å². The van der Waals surface area contributed by atoms with Gasteiger partial charge in [-0.3, -0.25) is 0 Å². The van der Waals surface area contributed by atoms with Gasteiger partial charge in [0, 0.05) is 41.5 Å². The van der Waals surface area contributed by atoms with Crippen molar-refractivity contribution in [1.29, 1.82) is 5.41 Å². The first-order valence-electron chi connectivity index (χ1n) is 1.22. The van der Waals surface area contributed by atoms with Crippen molar-refractivity contribution in [1.82, 2.24) is 0 Å². The molecule has 0 aliphatic rings. The summed E-state index contributed by atoms with van der Waals surface area (Å²) in [5, 5.41) is 6.41. The number of nitrogens with one attached hydrogen (secondary N) is 1. The minimum atomic E-state index is 0. The second kappa shape index (κ2) is 5.53. The Morgan fingerprint density at radius 3 is 2.00 bits per heavy atom. The monoisotopic (exact) mass is 211 g/mol. The van der Waals surface area contributed by atoms with Crippen LogP contribution in [0.25, 0.3) is 0 Å². The minimum absolute atomic E-state index is 0. The van der Waals surface area contributed by atoms with Gasteiger partial charge in [0.25, 0.3) is 0 Å². The first-order chi connectivity index (χ1) is 2.27. The average molecular weight is 211 g/mol. The van der Waals surface area contributed by atoms with Crippen LogP contribution >= 0.6 is 0 Å². The van der Waals surface area contributed by atoms with Crippen molar-refractivity contribution in [2.75, 3.05) is 7.11 Å². The van der Waals surface area contributed by atoms with Gasteiger partial charge < -0.3 is 17.1 Å². The Morgan fingerprint density at radius 2 is 2.00 bits per heavy atom. The summed E-state index contributed by atoms with van der Waals surface area (Å²) in [5.41, 5.74) is 0. The van der Waals surface area contributed by atoms with Crippen LogP contribution < -0.4 is 0 Å². The Labute approximate surface area is 65.4 Å². The molecule has 0 aliphatic carbocycles. The molecule has 0 fully saturated rings. The van der Waals surface area contributed by atoms with Gasteiger partial charge in [-0.2, -0.15) is 0 Å². The standard InChI is InChI=1S/C3H6NO.La/c1-3(4)5-2;/h4H,1H2,2H3;/q-1;. The molecule has 0 aromatic rings. The summed E-state index contributed by atoms with van der Waals surface area (Å²) in [4.78, 5) is 0. The molecule has 1 N–H and O–H groups in total. The maximum Gasteiger partial charge on any atom is 0.0754 e. The molecule has 0 aromatic heterocycles. The van der Waals surface area contributed by atoms with E-state index in [1.165, 1.54) is 7.11 Å². The van der Waals surface area contributed by atoms with Crippen molar-refractivity contribution in [3.8, 4) is 0 Å². The summed E-state index contributed by atoms with van der Waals surface area (Å²) in [7, 11) is 1.41. The molecule has 0 atom stereocenters. The topological polar surface area (TPSA) is 33.1 Å². The van der Waals surface area contributed by atoms with E-state index in [1.807, 2.05) is 0 Å². The van der Waals surface area contributed by atoms with Crippen LogP contribution in [0.1, 0.15) is 0 Å². The normalized spacial score (nSPS) is 5.50. The molecule has 1 radical (unpaired) electrons. The molecule has 0 aromatic carbocycles. The molecule has 0 bridgehead atoms. The minimum Gasteiger partial charge on any atom is -0.514 e. The zero-order chi connectivity index (χ0) is 4.28. The Kier molecular flexibility index (Phi) is 8.98. The number of hydrogen-bond donors (Lipinski definition) is 1. The molecule has 0 unspecified atom stereocenters. The molecule has 2 nitrogen and oxygen atoms in total. The third kappa shape index (κ3) is 8.82. The van der Waals surface area contributed by atoms with Gasteiger partial charge >= 0.3 is 0 Å². The predicted octanol–water partition coefficient (Wildman–Crippen LogP) is 0.444. The third-order valence-electron chi connectivity index (χ3n) is 0.246. The van der Waals surface area contributed by atoms with E-state index in [0.29, 0.717) is 0 Å². The predicted molar refractivity (Wildman–Crippen MR) is 20.1 cm³/mol. The van der Waals surface area contributed by atoms with Gasteiger partial charge in [0.05, 0.1) is 7.11 Å². The van der Waals surface area contributed by atoms with Crippen LogP contribution in [0.5, 0.6) is 0 Å². The van der Waals surface area contributed by atoms with Gasteiger partial charge in [0.1, 0.15) is 0 Å². The molecular formula is C3H6LaNO-. The molecule has 0 heterocycles. The maximum atomic E-state index is 6.41. The van der Waals surface area contributed by atoms with E-state index >= 15 is 0 Å². The molecule has 0 rings (SSSR count). The Hall–Kier alpha value is 0.535. The van der Waals surface area contributed by atoms with Gasteiger partial charge in [-0.05, 0) is 0 Å². The van der Waals surface area contributed by atoms with E-state index < -0.39 is 0 Å². The van der Waals surface area contributed by atoms with Crippen molar-refractivity contribution in [2.45, 2.75) is 0 Å². The van der Waals surface area contributed by atoms with Crippen molar-refractivity contribution >= 4 is 5.90 Å². The summed E-state index contributed by atoms with van der Waals surface area (Å²) in [5.74, 6) is 0.00463. The molecule has 0 saturated heterocycles. The smallest absolute Gasteiger partial charge is 0.0754 e. The molecule has 0 amide bonds. The Balaban J connectivity index is 0. The van der Waals surface area contributed by atoms with Crippen LogP contribution in [0.4, 0.5) is 0 Å². The zero-order valence-corrected chi connectivity index (χ0v) is 7.32. The van der Waals surface area contributed by atoms with Gasteiger partial charge in [0.15, 0.2) is 0 Å². The molecular weight excluding hydrogens is 205 g/mol. The number of hydrogen-bond acceptors (Lipinski definition) is 2. The van der Waals surface area contributed by atoms with Crippen molar-refractivity contribution < 1.29 is 40.3 Å². The van der Waals surface area contributed by atoms with E-state index in [4.69, 9.17) is 5.41 Å². The van der Waals surface area contributed by atoms with Gasteiger partial charge in [0.2, 0.25) is 0 Å². The molecule has 6 heavy (non-hydrogen) atoms. The number of ether oxygens (including phenoxy) is 1. The van der Waals surface area contributed by atoms with Crippen LogP contribution in [0.2, 0.25) is 0 Å². The summed E-state index contributed by atoms with van der Waals surface area (Å²) < 4.78 is 4.22. The van der Waals surface area contributed by atoms with Crippen molar-refractivity contribution in [3.05, 3.63) is 6.92 Å². The summed E-state index contributed by atoms with van der Waals surface area (Å²) in [6, 6.07) is 0. The van der Waals surface area contributed by atoms with Crippen LogP contribution in [0.3, 0.4) is 0 Å². The molecule has 0 spiro atoms. The Bertz CT molecular complexity index is 46.1. The largest absolute Gasteiger partial charge is 0.514 e. The van der Waals surface area contributed by atoms with E-state index in [0.717, 1.165) is 0 Å². The molecule has 0 aliphatic heterocycles. The average Bonchev–Trinajstić information content (AvgIpc) is 1.38. The fraction of sp³-hybridized carbons (Fsp3) is 0.333.